The Morgan fingerprint density at radius 3 is 2.80 bits per heavy atom. The van der Waals surface area contributed by atoms with E-state index >= 15 is 0 Å². The lowest BCUT2D eigenvalue weighted by Crippen LogP contribution is -2.49. The number of thiophene rings is 1. The van der Waals surface area contributed by atoms with Gasteiger partial charge in [0, 0.05) is 38.6 Å². The summed E-state index contributed by atoms with van der Waals surface area (Å²) >= 11 is 1.47. The third kappa shape index (κ3) is 3.06. The number of carbonyl (C=O) groups is 2. The zero-order chi connectivity index (χ0) is 17.3. The predicted molar refractivity (Wildman–Crippen MR) is 96.2 cm³/mol. The second-order valence-corrected chi connectivity index (χ2v) is 7.87. The fourth-order valence-electron chi connectivity index (χ4n) is 3.99. The molecule has 0 N–H and O–H groups in total. The van der Waals surface area contributed by atoms with Crippen LogP contribution in [0.25, 0.3) is 0 Å². The van der Waals surface area contributed by atoms with Gasteiger partial charge in [0.15, 0.2) is 0 Å². The summed E-state index contributed by atoms with van der Waals surface area (Å²) in [6, 6.07) is 7.66. The van der Waals surface area contributed by atoms with Crippen LogP contribution >= 0.6 is 11.3 Å². The molecule has 6 heteroatoms. The lowest BCUT2D eigenvalue weighted by atomic mass is 9.78. The molecular weight excluding hydrogens is 334 g/mol. The smallest absolute Gasteiger partial charge is 0.263 e. The van der Waals surface area contributed by atoms with E-state index in [1.54, 1.807) is 12.4 Å². The van der Waals surface area contributed by atoms with Crippen molar-refractivity contribution in [3.05, 3.63) is 52.5 Å². The Morgan fingerprint density at radius 2 is 2.04 bits per heavy atom. The SMILES string of the molecule is O=C(c1cccs1)N1CCC[C@@]2(CCN(Cc3ccncc3)C2=O)C1. The first-order valence-electron chi connectivity index (χ1n) is 8.69. The Labute approximate surface area is 151 Å². The summed E-state index contributed by atoms with van der Waals surface area (Å²) in [7, 11) is 0. The molecule has 0 bridgehead atoms. The normalized spacial score (nSPS) is 23.4. The van der Waals surface area contributed by atoms with Crippen LogP contribution in [0, 0.1) is 5.41 Å². The topological polar surface area (TPSA) is 53.5 Å². The molecule has 25 heavy (non-hydrogen) atoms. The van der Waals surface area contributed by atoms with E-state index in [4.69, 9.17) is 0 Å². The highest BCUT2D eigenvalue weighted by molar-refractivity contribution is 7.12. The average Bonchev–Trinajstić information content (AvgIpc) is 3.28. The summed E-state index contributed by atoms with van der Waals surface area (Å²) in [5.74, 6) is 0.266. The molecule has 4 rings (SSSR count). The van der Waals surface area contributed by atoms with Gasteiger partial charge in [-0.15, -0.1) is 11.3 Å². The lowest BCUT2D eigenvalue weighted by Gasteiger charge is -2.38. The molecule has 2 aliphatic rings. The molecule has 1 atom stereocenters. The van der Waals surface area contributed by atoms with Crippen molar-refractivity contribution in [3.63, 3.8) is 0 Å². The van der Waals surface area contributed by atoms with Gasteiger partial charge in [0.05, 0.1) is 10.3 Å². The van der Waals surface area contributed by atoms with E-state index in [9.17, 15) is 9.59 Å². The molecule has 0 unspecified atom stereocenters. The second kappa shape index (κ2) is 6.59. The van der Waals surface area contributed by atoms with Crippen LogP contribution in [0.5, 0.6) is 0 Å². The van der Waals surface area contributed by atoms with Crippen LogP contribution in [0.3, 0.4) is 0 Å². The molecule has 4 heterocycles. The van der Waals surface area contributed by atoms with Crippen molar-refractivity contribution < 1.29 is 9.59 Å². The van der Waals surface area contributed by atoms with Gasteiger partial charge < -0.3 is 9.80 Å². The van der Waals surface area contributed by atoms with Gasteiger partial charge in [-0.25, -0.2) is 0 Å². The Balaban J connectivity index is 1.48. The summed E-state index contributed by atoms with van der Waals surface area (Å²) in [5.41, 5.74) is 0.709. The van der Waals surface area contributed by atoms with Crippen LogP contribution in [0.2, 0.25) is 0 Å². The number of rotatable bonds is 3. The fourth-order valence-corrected chi connectivity index (χ4v) is 4.68. The number of pyridine rings is 1. The molecule has 130 valence electrons. The van der Waals surface area contributed by atoms with Gasteiger partial charge in [-0.1, -0.05) is 6.07 Å². The minimum Gasteiger partial charge on any atom is -0.338 e. The molecule has 1 spiro atoms. The van der Waals surface area contributed by atoms with Gasteiger partial charge in [-0.3, -0.25) is 14.6 Å². The van der Waals surface area contributed by atoms with E-state index in [0.717, 1.165) is 42.8 Å². The fraction of sp³-hybridized carbons (Fsp3) is 0.421. The van der Waals surface area contributed by atoms with E-state index in [1.807, 2.05) is 39.4 Å². The van der Waals surface area contributed by atoms with E-state index in [1.165, 1.54) is 11.3 Å². The number of amides is 2. The predicted octanol–water partition coefficient (Wildman–Crippen LogP) is 2.80. The number of likely N-dealkylation sites (tertiary alicyclic amines) is 2. The molecule has 2 fully saturated rings. The third-order valence-electron chi connectivity index (χ3n) is 5.32. The van der Waals surface area contributed by atoms with E-state index < -0.39 is 5.41 Å². The molecule has 0 aliphatic carbocycles. The van der Waals surface area contributed by atoms with Crippen molar-refractivity contribution in [2.45, 2.75) is 25.8 Å². The van der Waals surface area contributed by atoms with Gasteiger partial charge in [0.2, 0.25) is 5.91 Å². The maximum absolute atomic E-state index is 13.1. The second-order valence-electron chi connectivity index (χ2n) is 6.92. The maximum Gasteiger partial charge on any atom is 0.263 e. The van der Waals surface area contributed by atoms with Crippen molar-refractivity contribution in [1.29, 1.82) is 0 Å². The lowest BCUT2D eigenvalue weighted by molar-refractivity contribution is -0.138. The molecule has 2 amide bonds. The molecular formula is C19H21N3O2S. The molecule has 5 nitrogen and oxygen atoms in total. The summed E-state index contributed by atoms with van der Waals surface area (Å²) < 4.78 is 0. The quantitative estimate of drug-likeness (QED) is 0.851. The maximum atomic E-state index is 13.1. The van der Waals surface area contributed by atoms with Gasteiger partial charge in [0.1, 0.15) is 0 Å². The number of piperidine rings is 1. The number of aromatic nitrogens is 1. The first-order chi connectivity index (χ1) is 12.2. The van der Waals surface area contributed by atoms with Crippen molar-refractivity contribution in [1.82, 2.24) is 14.8 Å². The minimum atomic E-state index is -0.391. The number of carbonyl (C=O) groups excluding carboxylic acids is 2. The van der Waals surface area contributed by atoms with Crippen molar-refractivity contribution >= 4 is 23.2 Å². The van der Waals surface area contributed by atoms with Gasteiger partial charge in [-0.05, 0) is 48.4 Å². The molecule has 2 saturated heterocycles. The third-order valence-corrected chi connectivity index (χ3v) is 6.18. The Hall–Kier alpha value is -2.21. The molecule has 0 radical (unpaired) electrons. The largest absolute Gasteiger partial charge is 0.338 e. The standard InChI is InChI=1S/C19H21N3O2S/c23-17(16-3-1-12-25-16)22-10-2-6-19(14-22)7-11-21(18(19)24)13-15-4-8-20-9-5-15/h1,3-5,8-9,12H,2,6-7,10-11,13-14H2/t19-/m1/s1. The Bertz CT molecular complexity index is 762. The van der Waals surface area contributed by atoms with Crippen LogP contribution < -0.4 is 0 Å². The highest BCUT2D eigenvalue weighted by atomic mass is 32.1. The molecule has 2 aliphatic heterocycles. The van der Waals surface area contributed by atoms with Gasteiger partial charge in [0.25, 0.3) is 5.91 Å². The minimum absolute atomic E-state index is 0.0643. The average molecular weight is 355 g/mol. The summed E-state index contributed by atoms with van der Waals surface area (Å²) in [6.45, 7) is 2.69. The highest BCUT2D eigenvalue weighted by Crippen LogP contribution is 2.41. The first kappa shape index (κ1) is 16.3. The molecule has 2 aromatic heterocycles. The van der Waals surface area contributed by atoms with Crippen LogP contribution in [0.4, 0.5) is 0 Å². The van der Waals surface area contributed by atoms with E-state index in [0.29, 0.717) is 13.1 Å². The van der Waals surface area contributed by atoms with Gasteiger partial charge >= 0.3 is 0 Å². The zero-order valence-electron chi connectivity index (χ0n) is 14.1. The first-order valence-corrected chi connectivity index (χ1v) is 9.57. The van der Waals surface area contributed by atoms with Crippen LogP contribution in [0.1, 0.15) is 34.5 Å². The zero-order valence-corrected chi connectivity index (χ0v) is 14.9. The van der Waals surface area contributed by atoms with Gasteiger partial charge in [-0.2, -0.15) is 0 Å². The van der Waals surface area contributed by atoms with Crippen molar-refractivity contribution in [2.24, 2.45) is 5.41 Å². The van der Waals surface area contributed by atoms with E-state index in [-0.39, 0.29) is 11.8 Å². The summed E-state index contributed by atoms with van der Waals surface area (Å²) in [4.78, 5) is 34.4. The summed E-state index contributed by atoms with van der Waals surface area (Å²) in [5, 5.41) is 1.92. The number of hydrogen-bond acceptors (Lipinski definition) is 4. The molecule has 2 aromatic rings. The Kier molecular flexibility index (Phi) is 4.29. The van der Waals surface area contributed by atoms with Crippen molar-refractivity contribution in [3.8, 4) is 0 Å². The van der Waals surface area contributed by atoms with Crippen molar-refractivity contribution in [2.75, 3.05) is 19.6 Å². The highest BCUT2D eigenvalue weighted by Gasteiger charge is 2.49. The number of nitrogens with zero attached hydrogens (tertiary/aromatic N) is 3. The van der Waals surface area contributed by atoms with Crippen LogP contribution in [-0.2, 0) is 11.3 Å². The monoisotopic (exact) mass is 355 g/mol. The Morgan fingerprint density at radius 1 is 1.20 bits per heavy atom. The molecule has 0 aromatic carbocycles. The van der Waals surface area contributed by atoms with Crippen LogP contribution in [0.15, 0.2) is 42.0 Å². The molecule has 0 saturated carbocycles. The summed E-state index contributed by atoms with van der Waals surface area (Å²) in [6.07, 6.45) is 6.13. The number of hydrogen-bond donors (Lipinski definition) is 0. The van der Waals surface area contributed by atoms with E-state index in [2.05, 4.69) is 4.98 Å². The van der Waals surface area contributed by atoms with Crippen LogP contribution in [-0.4, -0.2) is 46.2 Å².